The van der Waals surface area contributed by atoms with Crippen LogP contribution in [-0.2, 0) is 0 Å². The van der Waals surface area contributed by atoms with E-state index in [0.29, 0.717) is 5.69 Å². The molecule has 88 valence electrons. The molecule has 1 N–H and O–H groups in total. The predicted octanol–water partition coefficient (Wildman–Crippen LogP) is 3.49. The fourth-order valence-corrected chi connectivity index (χ4v) is 2.05. The van der Waals surface area contributed by atoms with Gasteiger partial charge in [0.25, 0.3) is 0 Å². The number of pyridine rings is 1. The van der Waals surface area contributed by atoms with Crippen LogP contribution in [0.1, 0.15) is 0 Å². The SMILES string of the molecule is Fc1cnc(=S)[nH]c1-c1cccc2ncccc12. The van der Waals surface area contributed by atoms with Crippen molar-refractivity contribution in [3.63, 3.8) is 0 Å². The van der Waals surface area contributed by atoms with Crippen molar-refractivity contribution in [3.05, 3.63) is 53.3 Å². The normalized spacial score (nSPS) is 10.7. The van der Waals surface area contributed by atoms with Crippen LogP contribution in [-0.4, -0.2) is 15.0 Å². The molecule has 0 aliphatic carbocycles. The standard InChI is InChI=1S/C13H8FN3S/c14-10-7-16-13(18)17-12(10)9-3-1-5-11-8(9)4-2-6-15-11/h1-7H,(H,16,17,18). The Morgan fingerprint density at radius 1 is 1.11 bits per heavy atom. The Morgan fingerprint density at radius 3 is 2.89 bits per heavy atom. The third-order valence-electron chi connectivity index (χ3n) is 2.68. The first-order valence-corrected chi connectivity index (χ1v) is 5.75. The monoisotopic (exact) mass is 257 g/mol. The molecule has 0 unspecified atom stereocenters. The maximum absolute atomic E-state index is 13.8. The molecule has 3 aromatic rings. The Morgan fingerprint density at radius 2 is 2.00 bits per heavy atom. The van der Waals surface area contributed by atoms with Gasteiger partial charge in [0.1, 0.15) is 0 Å². The zero-order valence-electron chi connectivity index (χ0n) is 9.22. The molecule has 0 bridgehead atoms. The minimum atomic E-state index is -0.431. The molecule has 5 heteroatoms. The third kappa shape index (κ3) is 1.78. The van der Waals surface area contributed by atoms with E-state index >= 15 is 0 Å². The lowest BCUT2D eigenvalue weighted by atomic mass is 10.1. The fourth-order valence-electron chi connectivity index (χ4n) is 1.90. The maximum atomic E-state index is 13.8. The number of rotatable bonds is 1. The van der Waals surface area contributed by atoms with E-state index in [2.05, 4.69) is 15.0 Å². The number of nitrogens with zero attached hydrogens (tertiary/aromatic N) is 2. The zero-order valence-corrected chi connectivity index (χ0v) is 10.0. The Bertz CT molecular complexity index is 777. The lowest BCUT2D eigenvalue weighted by Crippen LogP contribution is -1.93. The quantitative estimate of drug-likeness (QED) is 0.678. The summed E-state index contributed by atoms with van der Waals surface area (Å²) in [6.45, 7) is 0. The van der Waals surface area contributed by atoms with Gasteiger partial charge in [-0.15, -0.1) is 0 Å². The van der Waals surface area contributed by atoms with Gasteiger partial charge in [-0.1, -0.05) is 18.2 Å². The highest BCUT2D eigenvalue weighted by Crippen LogP contribution is 2.27. The summed E-state index contributed by atoms with van der Waals surface area (Å²) >= 11 is 4.93. The van der Waals surface area contributed by atoms with E-state index < -0.39 is 5.82 Å². The molecule has 0 amide bonds. The van der Waals surface area contributed by atoms with E-state index in [-0.39, 0.29) is 4.77 Å². The van der Waals surface area contributed by atoms with Crippen LogP contribution in [0, 0.1) is 10.6 Å². The van der Waals surface area contributed by atoms with Crippen LogP contribution in [0.4, 0.5) is 4.39 Å². The van der Waals surface area contributed by atoms with Crippen molar-refractivity contribution in [2.75, 3.05) is 0 Å². The first kappa shape index (κ1) is 11.0. The molecule has 2 heterocycles. The number of halogens is 1. The van der Waals surface area contributed by atoms with Crippen LogP contribution in [0.5, 0.6) is 0 Å². The number of benzene rings is 1. The summed E-state index contributed by atoms with van der Waals surface area (Å²) in [5, 5.41) is 0.871. The third-order valence-corrected chi connectivity index (χ3v) is 2.89. The molecule has 0 fully saturated rings. The molecule has 0 aliphatic heterocycles. The highest BCUT2D eigenvalue weighted by molar-refractivity contribution is 7.71. The van der Waals surface area contributed by atoms with Crippen LogP contribution < -0.4 is 0 Å². The summed E-state index contributed by atoms with van der Waals surface area (Å²) in [4.78, 5) is 10.7. The van der Waals surface area contributed by atoms with Crippen molar-refractivity contribution in [2.45, 2.75) is 0 Å². The van der Waals surface area contributed by atoms with E-state index in [0.717, 1.165) is 22.7 Å². The van der Waals surface area contributed by atoms with E-state index in [1.165, 1.54) is 0 Å². The van der Waals surface area contributed by atoms with Crippen molar-refractivity contribution in [2.24, 2.45) is 0 Å². The van der Waals surface area contributed by atoms with Crippen LogP contribution in [0.15, 0.2) is 42.7 Å². The first-order chi connectivity index (χ1) is 8.75. The number of aromatic nitrogens is 3. The summed E-state index contributed by atoms with van der Waals surface area (Å²) < 4.78 is 14.1. The average Bonchev–Trinajstić information content (AvgIpc) is 2.41. The van der Waals surface area contributed by atoms with E-state index in [1.807, 2.05) is 30.3 Å². The Kier molecular flexibility index (Phi) is 2.60. The topological polar surface area (TPSA) is 41.6 Å². The molecule has 0 radical (unpaired) electrons. The number of H-pyrrole nitrogens is 1. The highest BCUT2D eigenvalue weighted by atomic mass is 32.1. The van der Waals surface area contributed by atoms with Gasteiger partial charge in [0.2, 0.25) is 0 Å². The van der Waals surface area contributed by atoms with Crippen molar-refractivity contribution in [3.8, 4) is 11.3 Å². The molecule has 3 nitrogen and oxygen atoms in total. The molecule has 0 spiro atoms. The van der Waals surface area contributed by atoms with Gasteiger partial charge in [-0.2, -0.15) is 0 Å². The van der Waals surface area contributed by atoms with E-state index in [4.69, 9.17) is 12.2 Å². The molecular formula is C13H8FN3S. The van der Waals surface area contributed by atoms with Gasteiger partial charge in [-0.25, -0.2) is 9.37 Å². The summed E-state index contributed by atoms with van der Waals surface area (Å²) in [6.07, 6.45) is 2.83. The minimum Gasteiger partial charge on any atom is -0.328 e. The summed E-state index contributed by atoms with van der Waals surface area (Å²) in [6, 6.07) is 9.26. The van der Waals surface area contributed by atoms with Gasteiger partial charge in [0.05, 0.1) is 17.4 Å². The number of hydrogen-bond acceptors (Lipinski definition) is 3. The largest absolute Gasteiger partial charge is 0.328 e. The summed E-state index contributed by atoms with van der Waals surface area (Å²) in [5.74, 6) is -0.431. The van der Waals surface area contributed by atoms with Gasteiger partial charge >= 0.3 is 0 Å². The second kappa shape index (κ2) is 4.27. The summed E-state index contributed by atoms with van der Waals surface area (Å²) in [7, 11) is 0. The number of fused-ring (bicyclic) bond motifs is 1. The van der Waals surface area contributed by atoms with Gasteiger partial charge in [0, 0.05) is 17.1 Å². The molecule has 2 aromatic heterocycles. The smallest absolute Gasteiger partial charge is 0.197 e. The van der Waals surface area contributed by atoms with Crippen LogP contribution >= 0.6 is 12.2 Å². The predicted molar refractivity (Wildman–Crippen MR) is 70.1 cm³/mol. The number of aromatic amines is 1. The Labute approximate surface area is 107 Å². The maximum Gasteiger partial charge on any atom is 0.197 e. The number of nitrogens with one attached hydrogen (secondary N) is 1. The molecule has 0 saturated carbocycles. The van der Waals surface area contributed by atoms with Gasteiger partial charge in [0.15, 0.2) is 10.6 Å². The molecule has 0 atom stereocenters. The van der Waals surface area contributed by atoms with Gasteiger partial charge in [-0.05, 0) is 24.4 Å². The summed E-state index contributed by atoms with van der Waals surface area (Å²) in [5.41, 5.74) is 1.88. The first-order valence-electron chi connectivity index (χ1n) is 5.34. The van der Waals surface area contributed by atoms with E-state index in [1.54, 1.807) is 6.20 Å². The number of hydrogen-bond donors (Lipinski definition) is 1. The zero-order chi connectivity index (χ0) is 12.5. The lowest BCUT2D eigenvalue weighted by Gasteiger charge is -2.06. The van der Waals surface area contributed by atoms with Crippen molar-refractivity contribution in [1.29, 1.82) is 0 Å². The van der Waals surface area contributed by atoms with Crippen molar-refractivity contribution in [1.82, 2.24) is 15.0 Å². The fraction of sp³-hybridized carbons (Fsp3) is 0. The van der Waals surface area contributed by atoms with Gasteiger partial charge < -0.3 is 4.98 Å². The molecule has 3 rings (SSSR count). The highest BCUT2D eigenvalue weighted by Gasteiger charge is 2.09. The molecule has 0 aliphatic rings. The Balaban J connectivity index is 2.38. The molecule has 0 saturated heterocycles. The lowest BCUT2D eigenvalue weighted by molar-refractivity contribution is 0.617. The molecule has 18 heavy (non-hydrogen) atoms. The Hall–Kier alpha value is -2.14. The minimum absolute atomic E-state index is 0.257. The molecular weight excluding hydrogens is 249 g/mol. The van der Waals surface area contributed by atoms with Crippen molar-refractivity contribution >= 4 is 23.1 Å². The molecule has 1 aromatic carbocycles. The van der Waals surface area contributed by atoms with Gasteiger partial charge in [-0.3, -0.25) is 4.98 Å². The van der Waals surface area contributed by atoms with Crippen LogP contribution in [0.2, 0.25) is 0 Å². The average molecular weight is 257 g/mol. The van der Waals surface area contributed by atoms with Crippen molar-refractivity contribution < 1.29 is 4.39 Å². The van der Waals surface area contributed by atoms with E-state index in [9.17, 15) is 4.39 Å². The van der Waals surface area contributed by atoms with Crippen LogP contribution in [0.3, 0.4) is 0 Å². The second-order valence-electron chi connectivity index (χ2n) is 3.79. The second-order valence-corrected chi connectivity index (χ2v) is 4.17. The van der Waals surface area contributed by atoms with Crippen LogP contribution in [0.25, 0.3) is 22.2 Å².